The van der Waals surface area contributed by atoms with Gasteiger partial charge in [0.2, 0.25) is 0 Å². The molecule has 0 saturated carbocycles. The van der Waals surface area contributed by atoms with Gasteiger partial charge in [-0.05, 0) is 53.2 Å². The third-order valence-electron chi connectivity index (χ3n) is 4.69. The molecule has 21 heavy (non-hydrogen) atoms. The van der Waals surface area contributed by atoms with Gasteiger partial charge in [0.25, 0.3) is 5.56 Å². The highest BCUT2D eigenvalue weighted by atomic mass is 16.7. The van der Waals surface area contributed by atoms with Gasteiger partial charge >= 0.3 is 7.12 Å². The van der Waals surface area contributed by atoms with Crippen molar-refractivity contribution in [2.24, 2.45) is 0 Å². The molecule has 2 aromatic rings. The van der Waals surface area contributed by atoms with E-state index in [4.69, 9.17) is 9.31 Å². The molecular formula is C15H21BN2O3. The molecule has 6 heteroatoms. The highest BCUT2D eigenvalue weighted by Gasteiger charge is 2.52. The minimum absolute atomic E-state index is 0.0964. The van der Waals surface area contributed by atoms with E-state index in [1.807, 2.05) is 52.0 Å². The van der Waals surface area contributed by atoms with Crippen LogP contribution in [0, 0.1) is 13.8 Å². The van der Waals surface area contributed by atoms with Crippen LogP contribution in [-0.4, -0.2) is 27.7 Å². The minimum atomic E-state index is -0.475. The second-order valence-electron chi connectivity index (χ2n) is 6.78. The molecule has 0 radical (unpaired) electrons. The molecule has 1 N–H and O–H groups in total. The van der Waals surface area contributed by atoms with Gasteiger partial charge in [-0.2, -0.15) is 0 Å². The van der Waals surface area contributed by atoms with Crippen LogP contribution >= 0.6 is 0 Å². The van der Waals surface area contributed by atoms with E-state index in [1.165, 1.54) is 0 Å². The molecule has 1 aliphatic rings. The second-order valence-corrected chi connectivity index (χ2v) is 6.78. The number of nitrogens with one attached hydrogen (secondary N) is 1. The molecule has 0 amide bonds. The molecule has 0 spiro atoms. The predicted octanol–water partition coefficient (Wildman–Crippen LogP) is 1.54. The molecule has 0 atom stereocenters. The molecular weight excluding hydrogens is 267 g/mol. The summed E-state index contributed by atoms with van der Waals surface area (Å²) in [6, 6.07) is 1.97. The lowest BCUT2D eigenvalue weighted by Crippen LogP contribution is -2.41. The molecule has 1 saturated heterocycles. The van der Waals surface area contributed by atoms with Crippen molar-refractivity contribution in [3.63, 3.8) is 0 Å². The van der Waals surface area contributed by atoms with Crippen LogP contribution < -0.4 is 11.2 Å². The smallest absolute Gasteiger partial charge is 0.398 e. The number of rotatable bonds is 1. The Bertz CT molecular complexity index is 757. The van der Waals surface area contributed by atoms with Crippen molar-refractivity contribution in [2.45, 2.75) is 52.7 Å². The Balaban J connectivity index is 2.20. The molecule has 1 fully saturated rings. The van der Waals surface area contributed by atoms with Gasteiger partial charge in [0.1, 0.15) is 5.52 Å². The summed E-state index contributed by atoms with van der Waals surface area (Å²) >= 11 is 0. The van der Waals surface area contributed by atoms with Gasteiger partial charge < -0.3 is 18.7 Å². The average Bonchev–Trinajstić information content (AvgIpc) is 2.81. The Labute approximate surface area is 124 Å². The second kappa shape index (κ2) is 4.24. The lowest BCUT2D eigenvalue weighted by Gasteiger charge is -2.32. The fraction of sp³-hybridized carbons (Fsp3) is 0.533. The fourth-order valence-corrected chi connectivity index (χ4v) is 2.76. The van der Waals surface area contributed by atoms with Gasteiger partial charge in [-0.1, -0.05) is 0 Å². The van der Waals surface area contributed by atoms with Crippen molar-refractivity contribution in [2.75, 3.05) is 0 Å². The Morgan fingerprint density at radius 1 is 1.14 bits per heavy atom. The van der Waals surface area contributed by atoms with Crippen LogP contribution in [0.2, 0.25) is 0 Å². The molecule has 2 aromatic heterocycles. The normalized spacial score (nSPS) is 20.4. The van der Waals surface area contributed by atoms with E-state index in [0.29, 0.717) is 5.52 Å². The van der Waals surface area contributed by atoms with Crippen LogP contribution in [-0.2, 0) is 9.31 Å². The average molecular weight is 288 g/mol. The Morgan fingerprint density at radius 2 is 1.71 bits per heavy atom. The first-order valence-electron chi connectivity index (χ1n) is 7.20. The molecule has 0 unspecified atom stereocenters. The van der Waals surface area contributed by atoms with Gasteiger partial charge in [-0.3, -0.25) is 4.79 Å². The number of hydrogen-bond acceptors (Lipinski definition) is 3. The Kier molecular flexibility index (Phi) is 2.91. The number of H-pyrrole nitrogens is 1. The highest BCUT2D eigenvalue weighted by molar-refractivity contribution is 6.61. The zero-order chi connectivity index (χ0) is 15.6. The maximum absolute atomic E-state index is 12.1. The first-order chi connectivity index (χ1) is 9.64. The topological polar surface area (TPSA) is 55.7 Å². The molecule has 1 aliphatic heterocycles. The lowest BCUT2D eigenvalue weighted by atomic mass is 9.84. The highest BCUT2D eigenvalue weighted by Crippen LogP contribution is 2.36. The predicted molar refractivity (Wildman–Crippen MR) is 83.2 cm³/mol. The largest absolute Gasteiger partial charge is 0.512 e. The zero-order valence-electron chi connectivity index (χ0n) is 13.4. The lowest BCUT2D eigenvalue weighted by molar-refractivity contribution is 0.00578. The summed E-state index contributed by atoms with van der Waals surface area (Å²) in [6.45, 7) is 12.0. The van der Waals surface area contributed by atoms with Crippen molar-refractivity contribution in [3.8, 4) is 0 Å². The molecule has 0 bridgehead atoms. The van der Waals surface area contributed by atoms with Gasteiger partial charge in [-0.15, -0.1) is 0 Å². The van der Waals surface area contributed by atoms with E-state index >= 15 is 0 Å². The maximum atomic E-state index is 12.1. The minimum Gasteiger partial charge on any atom is -0.398 e. The third kappa shape index (κ3) is 1.97. The standard InChI is InChI=1S/C15H21BN2O3/c1-9-7-11(16-20-14(3,4)15(5,6)21-16)18-10(2)8-17-13(19)12(9)18/h7-8H,1-6H3,(H,17,19). The molecule has 3 rings (SSSR count). The SMILES string of the molecule is Cc1cc(B2OC(C)(C)C(C)(C)O2)n2c(C)c[nH]c(=O)c12. The number of nitrogens with zero attached hydrogens (tertiary/aromatic N) is 1. The van der Waals surface area contributed by atoms with Crippen LogP contribution in [0.5, 0.6) is 0 Å². The van der Waals surface area contributed by atoms with Crippen molar-refractivity contribution in [1.82, 2.24) is 9.38 Å². The molecule has 3 heterocycles. The van der Waals surface area contributed by atoms with Crippen molar-refractivity contribution in [1.29, 1.82) is 0 Å². The summed E-state index contributed by atoms with van der Waals surface area (Å²) in [5, 5.41) is 0. The Hall–Kier alpha value is -1.53. The fourth-order valence-electron chi connectivity index (χ4n) is 2.76. The molecule has 112 valence electrons. The third-order valence-corrected chi connectivity index (χ3v) is 4.69. The van der Waals surface area contributed by atoms with Crippen LogP contribution in [0.25, 0.3) is 5.52 Å². The number of aromatic amines is 1. The van der Waals surface area contributed by atoms with Crippen molar-refractivity contribution < 1.29 is 9.31 Å². The summed E-state index contributed by atoms with van der Waals surface area (Å²) in [5.74, 6) is 0. The molecule has 0 aliphatic carbocycles. The van der Waals surface area contributed by atoms with E-state index < -0.39 is 18.3 Å². The monoisotopic (exact) mass is 288 g/mol. The van der Waals surface area contributed by atoms with Crippen LogP contribution in [0.15, 0.2) is 17.1 Å². The zero-order valence-corrected chi connectivity index (χ0v) is 13.4. The molecule has 5 nitrogen and oxygen atoms in total. The summed E-state index contributed by atoms with van der Waals surface area (Å²) in [7, 11) is -0.475. The van der Waals surface area contributed by atoms with E-state index in [0.717, 1.165) is 16.9 Å². The molecule has 0 aromatic carbocycles. The van der Waals surface area contributed by atoms with Crippen LogP contribution in [0.1, 0.15) is 39.0 Å². The Morgan fingerprint density at radius 3 is 2.29 bits per heavy atom. The summed E-state index contributed by atoms with van der Waals surface area (Å²) in [6.07, 6.45) is 1.71. The van der Waals surface area contributed by atoms with E-state index in [-0.39, 0.29) is 5.56 Å². The first kappa shape index (κ1) is 14.4. The number of aromatic nitrogens is 2. The quantitative estimate of drug-likeness (QED) is 0.810. The van der Waals surface area contributed by atoms with Crippen molar-refractivity contribution >= 4 is 18.2 Å². The summed E-state index contributed by atoms with van der Waals surface area (Å²) in [4.78, 5) is 14.8. The van der Waals surface area contributed by atoms with Crippen molar-refractivity contribution in [3.05, 3.63) is 33.9 Å². The van der Waals surface area contributed by atoms with Gasteiger partial charge in [0, 0.05) is 11.9 Å². The van der Waals surface area contributed by atoms with E-state index in [1.54, 1.807) is 6.20 Å². The van der Waals surface area contributed by atoms with Crippen LogP contribution in [0.3, 0.4) is 0 Å². The summed E-state index contributed by atoms with van der Waals surface area (Å²) in [5.41, 5.74) is 2.49. The van der Waals surface area contributed by atoms with Crippen LogP contribution in [0.4, 0.5) is 0 Å². The van der Waals surface area contributed by atoms with Gasteiger partial charge in [-0.25, -0.2) is 0 Å². The van der Waals surface area contributed by atoms with Gasteiger partial charge in [0.15, 0.2) is 0 Å². The summed E-state index contributed by atoms with van der Waals surface area (Å²) < 4.78 is 14.1. The van der Waals surface area contributed by atoms with Gasteiger partial charge in [0.05, 0.1) is 16.8 Å². The first-order valence-corrected chi connectivity index (χ1v) is 7.20. The van der Waals surface area contributed by atoms with E-state index in [9.17, 15) is 4.79 Å². The maximum Gasteiger partial charge on any atom is 0.512 e. The van der Waals surface area contributed by atoms with E-state index in [2.05, 4.69) is 4.98 Å². The number of aryl methyl sites for hydroxylation is 2. The number of hydrogen-bond donors (Lipinski definition) is 1. The number of fused-ring (bicyclic) bond motifs is 1.